The van der Waals surface area contributed by atoms with Gasteiger partial charge in [-0.25, -0.2) is 5.43 Å². The van der Waals surface area contributed by atoms with Crippen LogP contribution in [0.25, 0.3) is 0 Å². The molecule has 128 valence electrons. The van der Waals surface area contributed by atoms with Gasteiger partial charge in [-0.05, 0) is 42.7 Å². The minimum atomic E-state index is -0.285. The minimum absolute atomic E-state index is 0.0669. The number of nitrogens with one attached hydrogen (secondary N) is 1. The molecule has 1 aliphatic heterocycles. The van der Waals surface area contributed by atoms with E-state index in [0.29, 0.717) is 28.0 Å². The maximum absolute atomic E-state index is 12.5. The maximum atomic E-state index is 12.5. The highest BCUT2D eigenvalue weighted by Crippen LogP contribution is 2.63. The number of halogens is 1. The Hall–Kier alpha value is -1.75. The van der Waals surface area contributed by atoms with Crippen LogP contribution in [0.1, 0.15) is 50.4 Å². The summed E-state index contributed by atoms with van der Waals surface area (Å²) < 4.78 is 10.6. The van der Waals surface area contributed by atoms with Gasteiger partial charge in [-0.3, -0.25) is 4.79 Å². The molecule has 2 atom stereocenters. The number of carbonyl (C=O) groups excluding carboxylic acids is 1. The Morgan fingerprint density at radius 3 is 2.79 bits per heavy atom. The summed E-state index contributed by atoms with van der Waals surface area (Å²) in [6.45, 7) is 7.01. The van der Waals surface area contributed by atoms with Crippen LogP contribution in [0.4, 0.5) is 0 Å². The lowest BCUT2D eigenvalue weighted by molar-refractivity contribution is 0.0953. The second kappa shape index (κ2) is 5.12. The molecular formula is C18H21ClN2O3. The van der Waals surface area contributed by atoms with E-state index in [1.165, 1.54) is 6.42 Å². The zero-order chi connectivity index (χ0) is 17.1. The number of fused-ring (bicyclic) bond motifs is 3. The lowest BCUT2D eigenvalue weighted by atomic mass is 9.70. The molecule has 4 rings (SSSR count). The molecule has 1 N–H and O–H groups in total. The number of amides is 1. The second-order valence-electron chi connectivity index (χ2n) is 7.68. The van der Waals surface area contributed by atoms with E-state index in [1.54, 1.807) is 12.1 Å². The van der Waals surface area contributed by atoms with Gasteiger partial charge in [0, 0.05) is 16.7 Å². The first-order valence-corrected chi connectivity index (χ1v) is 8.67. The van der Waals surface area contributed by atoms with E-state index < -0.39 is 0 Å². The van der Waals surface area contributed by atoms with Crippen molar-refractivity contribution >= 4 is 23.2 Å². The summed E-state index contributed by atoms with van der Waals surface area (Å²) in [5.41, 5.74) is 4.52. The molecule has 6 heteroatoms. The third-order valence-corrected chi connectivity index (χ3v) is 6.77. The van der Waals surface area contributed by atoms with Crippen LogP contribution in [0.15, 0.2) is 17.2 Å². The molecule has 3 aliphatic rings. The van der Waals surface area contributed by atoms with Crippen molar-refractivity contribution in [3.63, 3.8) is 0 Å². The Bertz CT molecular complexity index is 759. The Morgan fingerprint density at radius 2 is 2.12 bits per heavy atom. The van der Waals surface area contributed by atoms with Gasteiger partial charge in [-0.15, -0.1) is 0 Å². The number of hydrazone groups is 1. The maximum Gasteiger partial charge on any atom is 0.271 e. The summed E-state index contributed by atoms with van der Waals surface area (Å²) in [5, 5.41) is 4.85. The largest absolute Gasteiger partial charge is 0.454 e. The predicted octanol–water partition coefficient (Wildman–Crippen LogP) is 4.00. The molecule has 2 fully saturated rings. The van der Waals surface area contributed by atoms with Gasteiger partial charge in [0.2, 0.25) is 6.79 Å². The van der Waals surface area contributed by atoms with E-state index in [4.69, 9.17) is 21.1 Å². The van der Waals surface area contributed by atoms with Gasteiger partial charge >= 0.3 is 0 Å². The van der Waals surface area contributed by atoms with Crippen LogP contribution in [0.5, 0.6) is 11.5 Å². The highest BCUT2D eigenvalue weighted by molar-refractivity contribution is 6.32. The van der Waals surface area contributed by atoms with E-state index >= 15 is 0 Å². The first kappa shape index (κ1) is 15.8. The van der Waals surface area contributed by atoms with Gasteiger partial charge in [0.15, 0.2) is 11.5 Å². The van der Waals surface area contributed by atoms with Crippen molar-refractivity contribution in [2.45, 2.75) is 40.0 Å². The van der Waals surface area contributed by atoms with Crippen molar-refractivity contribution < 1.29 is 14.3 Å². The summed E-state index contributed by atoms with van der Waals surface area (Å²) in [6, 6.07) is 3.22. The number of hydrogen-bond acceptors (Lipinski definition) is 4. The zero-order valence-corrected chi connectivity index (χ0v) is 14.9. The van der Waals surface area contributed by atoms with Crippen LogP contribution in [0.3, 0.4) is 0 Å². The molecule has 1 amide bonds. The van der Waals surface area contributed by atoms with Gasteiger partial charge < -0.3 is 9.47 Å². The Labute approximate surface area is 146 Å². The number of ether oxygens (including phenoxy) is 2. The highest BCUT2D eigenvalue weighted by Gasteiger charge is 2.60. The van der Waals surface area contributed by atoms with Crippen LogP contribution in [0.2, 0.25) is 5.02 Å². The third kappa shape index (κ3) is 2.07. The van der Waals surface area contributed by atoms with Gasteiger partial charge in [-0.2, -0.15) is 5.10 Å². The Balaban J connectivity index is 1.55. The molecule has 0 spiro atoms. The summed E-state index contributed by atoms with van der Waals surface area (Å²) in [5.74, 6) is 1.35. The van der Waals surface area contributed by atoms with E-state index in [-0.39, 0.29) is 23.5 Å². The molecular weight excluding hydrogens is 328 g/mol. The zero-order valence-electron chi connectivity index (χ0n) is 14.1. The normalized spacial score (nSPS) is 30.8. The quantitative estimate of drug-likeness (QED) is 0.822. The van der Waals surface area contributed by atoms with Crippen LogP contribution in [-0.2, 0) is 0 Å². The summed E-state index contributed by atoms with van der Waals surface area (Å²) in [4.78, 5) is 12.5. The minimum Gasteiger partial charge on any atom is -0.454 e. The number of carbonyl (C=O) groups is 1. The highest BCUT2D eigenvalue weighted by atomic mass is 35.5. The molecule has 0 aromatic heterocycles. The Kier molecular flexibility index (Phi) is 3.36. The summed E-state index contributed by atoms with van der Waals surface area (Å²) >= 11 is 6.14. The standard InChI is InChI=1S/C18H21ClN2O3/c1-17(2)11-4-5-18(17,3)14(8-11)20-21-16(22)10-6-12(19)15-13(7-10)23-9-24-15/h6-7,11H,4-5,8-9H2,1-3H3,(H,21,22)/b20-14+/t11-,18+/m0/s1. The molecule has 0 unspecified atom stereocenters. The molecule has 1 aromatic carbocycles. The fourth-order valence-electron chi connectivity index (χ4n) is 4.38. The van der Waals surface area contributed by atoms with Crippen LogP contribution < -0.4 is 14.9 Å². The third-order valence-electron chi connectivity index (χ3n) is 6.49. The fourth-order valence-corrected chi connectivity index (χ4v) is 4.64. The summed E-state index contributed by atoms with van der Waals surface area (Å²) in [6.07, 6.45) is 3.34. The van der Waals surface area contributed by atoms with Crippen molar-refractivity contribution in [2.75, 3.05) is 6.79 Å². The van der Waals surface area contributed by atoms with E-state index in [2.05, 4.69) is 31.3 Å². The van der Waals surface area contributed by atoms with Crippen molar-refractivity contribution in [1.29, 1.82) is 0 Å². The number of hydrogen-bond donors (Lipinski definition) is 1. The van der Waals surface area contributed by atoms with Gasteiger partial charge in [0.1, 0.15) is 0 Å². The topological polar surface area (TPSA) is 59.9 Å². The lowest BCUT2D eigenvalue weighted by Gasteiger charge is -2.34. The van der Waals surface area contributed by atoms with Crippen molar-refractivity contribution in [3.05, 3.63) is 22.7 Å². The van der Waals surface area contributed by atoms with E-state index in [0.717, 1.165) is 18.6 Å². The molecule has 0 saturated heterocycles. The average molecular weight is 349 g/mol. The number of rotatable bonds is 2. The fraction of sp³-hybridized carbons (Fsp3) is 0.556. The first-order chi connectivity index (χ1) is 11.3. The SMILES string of the molecule is CC1(C)[C@H]2CC[C@]1(C)/C(=N/NC(=O)c1cc(Cl)c3c(c1)OCO3)C2. The number of nitrogens with zero attached hydrogens (tertiary/aromatic N) is 1. The predicted molar refractivity (Wildman–Crippen MR) is 91.7 cm³/mol. The molecule has 5 nitrogen and oxygen atoms in total. The van der Waals surface area contributed by atoms with Crippen molar-refractivity contribution in [2.24, 2.45) is 21.8 Å². The molecule has 1 aromatic rings. The average Bonchev–Trinajstić information content (AvgIpc) is 3.14. The smallest absolute Gasteiger partial charge is 0.271 e. The summed E-state index contributed by atoms with van der Waals surface area (Å²) in [7, 11) is 0. The van der Waals surface area contributed by atoms with E-state index in [9.17, 15) is 4.79 Å². The molecule has 1 heterocycles. The van der Waals surface area contributed by atoms with Crippen LogP contribution in [-0.4, -0.2) is 18.4 Å². The van der Waals surface area contributed by atoms with Gasteiger partial charge in [0.25, 0.3) is 5.91 Å². The van der Waals surface area contributed by atoms with Gasteiger partial charge in [-0.1, -0.05) is 32.4 Å². The van der Waals surface area contributed by atoms with Crippen LogP contribution >= 0.6 is 11.6 Å². The second-order valence-corrected chi connectivity index (χ2v) is 8.09. The molecule has 24 heavy (non-hydrogen) atoms. The van der Waals surface area contributed by atoms with Gasteiger partial charge in [0.05, 0.1) is 5.02 Å². The number of benzene rings is 1. The van der Waals surface area contributed by atoms with Crippen molar-refractivity contribution in [3.8, 4) is 11.5 Å². The first-order valence-electron chi connectivity index (χ1n) is 8.29. The molecule has 0 radical (unpaired) electrons. The van der Waals surface area contributed by atoms with Crippen molar-refractivity contribution in [1.82, 2.24) is 5.43 Å². The molecule has 2 bridgehead atoms. The van der Waals surface area contributed by atoms with E-state index in [1.807, 2.05) is 0 Å². The Morgan fingerprint density at radius 1 is 1.33 bits per heavy atom. The van der Waals surface area contributed by atoms with Crippen LogP contribution in [0, 0.1) is 16.7 Å². The monoisotopic (exact) mass is 348 g/mol. The molecule has 2 saturated carbocycles. The molecule has 2 aliphatic carbocycles. The lowest BCUT2D eigenvalue weighted by Crippen LogP contribution is -2.34.